The fourth-order valence-corrected chi connectivity index (χ4v) is 1.06. The van der Waals surface area contributed by atoms with Gasteiger partial charge in [-0.1, -0.05) is 0 Å². The average molecular weight is 201 g/mol. The molecule has 0 fully saturated rings. The van der Waals surface area contributed by atoms with Gasteiger partial charge >= 0.3 is 0 Å². The lowest BCUT2D eigenvalue weighted by atomic mass is 10.1. The summed E-state index contributed by atoms with van der Waals surface area (Å²) < 4.78 is 12.7. The van der Waals surface area contributed by atoms with Gasteiger partial charge < -0.3 is 15.3 Å². The molecular formula is C9H12FNO3. The van der Waals surface area contributed by atoms with Crippen molar-refractivity contribution in [1.82, 2.24) is 4.98 Å². The third kappa shape index (κ3) is 2.25. The Labute approximate surface area is 80.7 Å². The van der Waals surface area contributed by atoms with Crippen LogP contribution in [0.25, 0.3) is 0 Å². The van der Waals surface area contributed by atoms with Crippen molar-refractivity contribution in [2.75, 3.05) is 6.61 Å². The number of pyridine rings is 1. The molecule has 1 heterocycles. The molecule has 0 saturated heterocycles. The van der Waals surface area contributed by atoms with Crippen molar-refractivity contribution in [1.29, 1.82) is 0 Å². The first-order valence-corrected chi connectivity index (χ1v) is 4.15. The maximum Gasteiger partial charge on any atom is 0.215 e. The van der Waals surface area contributed by atoms with E-state index in [0.717, 1.165) is 6.20 Å². The highest BCUT2D eigenvalue weighted by atomic mass is 19.1. The summed E-state index contributed by atoms with van der Waals surface area (Å²) in [5.74, 6) is -0.612. The molecule has 14 heavy (non-hydrogen) atoms. The summed E-state index contributed by atoms with van der Waals surface area (Å²) in [5, 5.41) is 27.1. The van der Waals surface area contributed by atoms with Gasteiger partial charge in [-0.15, -0.1) is 0 Å². The molecule has 0 aromatic carbocycles. The largest absolute Gasteiger partial charge is 0.394 e. The Hall–Kier alpha value is -1.04. The summed E-state index contributed by atoms with van der Waals surface area (Å²) in [6.07, 6.45) is -1.39. The minimum atomic E-state index is -1.28. The van der Waals surface area contributed by atoms with E-state index in [-0.39, 0.29) is 11.1 Å². The van der Waals surface area contributed by atoms with E-state index in [4.69, 9.17) is 10.2 Å². The summed E-state index contributed by atoms with van der Waals surface area (Å²) in [6.45, 7) is 0.946. The van der Waals surface area contributed by atoms with Crippen LogP contribution in [0.5, 0.6) is 0 Å². The van der Waals surface area contributed by atoms with Crippen LogP contribution in [0.2, 0.25) is 0 Å². The molecule has 1 aromatic rings. The quantitative estimate of drug-likeness (QED) is 0.598. The van der Waals surface area contributed by atoms with Gasteiger partial charge in [0.05, 0.1) is 6.61 Å². The fraction of sp³-hybridized carbons (Fsp3) is 0.444. The van der Waals surface area contributed by atoms with Gasteiger partial charge in [-0.05, 0) is 13.0 Å². The summed E-state index contributed by atoms with van der Waals surface area (Å²) in [6, 6.07) is 1.38. The Morgan fingerprint density at radius 3 is 2.64 bits per heavy atom. The van der Waals surface area contributed by atoms with Crippen molar-refractivity contribution in [2.24, 2.45) is 0 Å². The Bertz CT molecular complexity index is 319. The molecule has 0 radical (unpaired) electrons. The number of hydrogen-bond acceptors (Lipinski definition) is 4. The SMILES string of the molecule is Cc1cc(C(O)C(O)CO)cnc1F. The molecule has 0 aliphatic rings. The van der Waals surface area contributed by atoms with E-state index in [1.54, 1.807) is 0 Å². The van der Waals surface area contributed by atoms with E-state index in [0.29, 0.717) is 0 Å². The Balaban J connectivity index is 2.91. The Morgan fingerprint density at radius 1 is 1.50 bits per heavy atom. The highest BCUT2D eigenvalue weighted by Gasteiger charge is 2.18. The molecule has 0 bridgehead atoms. The van der Waals surface area contributed by atoms with Gasteiger partial charge in [-0.2, -0.15) is 4.39 Å². The molecule has 2 atom stereocenters. The van der Waals surface area contributed by atoms with E-state index < -0.39 is 24.8 Å². The number of nitrogens with zero attached hydrogens (tertiary/aromatic N) is 1. The third-order valence-corrected chi connectivity index (χ3v) is 1.93. The smallest absolute Gasteiger partial charge is 0.215 e. The van der Waals surface area contributed by atoms with Gasteiger partial charge in [-0.3, -0.25) is 0 Å². The van der Waals surface area contributed by atoms with Crippen LogP contribution in [0, 0.1) is 12.9 Å². The van der Waals surface area contributed by atoms with Crippen molar-refractivity contribution >= 4 is 0 Å². The standard InChI is InChI=1S/C9H12FNO3/c1-5-2-6(3-11-9(5)10)8(14)7(13)4-12/h2-3,7-8,12-14H,4H2,1H3. The van der Waals surface area contributed by atoms with Crippen LogP contribution in [-0.4, -0.2) is 33.0 Å². The van der Waals surface area contributed by atoms with Crippen LogP contribution in [0.4, 0.5) is 4.39 Å². The predicted octanol–water partition coefficient (Wildman–Crippen LogP) is -0.0843. The third-order valence-electron chi connectivity index (χ3n) is 1.93. The molecule has 1 aromatic heterocycles. The lowest BCUT2D eigenvalue weighted by Crippen LogP contribution is -2.22. The molecule has 0 aliphatic carbocycles. The van der Waals surface area contributed by atoms with Crippen LogP contribution >= 0.6 is 0 Å². The van der Waals surface area contributed by atoms with Crippen molar-refractivity contribution in [3.05, 3.63) is 29.3 Å². The number of aryl methyl sites for hydroxylation is 1. The number of hydrogen-bond donors (Lipinski definition) is 3. The monoisotopic (exact) mass is 201 g/mol. The summed E-state index contributed by atoms with van der Waals surface area (Å²) in [5.41, 5.74) is 0.567. The van der Waals surface area contributed by atoms with E-state index in [1.165, 1.54) is 13.0 Å². The fourth-order valence-electron chi connectivity index (χ4n) is 1.06. The van der Waals surface area contributed by atoms with Gasteiger partial charge in [-0.25, -0.2) is 4.98 Å². The number of aliphatic hydroxyl groups excluding tert-OH is 3. The Kier molecular flexibility index (Phi) is 3.51. The molecule has 3 N–H and O–H groups in total. The highest BCUT2D eigenvalue weighted by Crippen LogP contribution is 2.17. The average Bonchev–Trinajstić information content (AvgIpc) is 2.20. The normalized spacial score (nSPS) is 15.2. The summed E-state index contributed by atoms with van der Waals surface area (Å²) in [7, 11) is 0. The van der Waals surface area contributed by atoms with Crippen molar-refractivity contribution in [3.63, 3.8) is 0 Å². The lowest BCUT2D eigenvalue weighted by Gasteiger charge is -2.15. The second-order valence-electron chi connectivity index (χ2n) is 3.07. The number of aliphatic hydroxyl groups is 3. The molecule has 4 nitrogen and oxygen atoms in total. The van der Waals surface area contributed by atoms with Gasteiger partial charge in [0.25, 0.3) is 0 Å². The zero-order valence-corrected chi connectivity index (χ0v) is 7.68. The number of halogens is 1. The van der Waals surface area contributed by atoms with Crippen LogP contribution < -0.4 is 0 Å². The van der Waals surface area contributed by atoms with E-state index in [1.807, 2.05) is 0 Å². The van der Waals surface area contributed by atoms with Crippen LogP contribution in [0.15, 0.2) is 12.3 Å². The second-order valence-corrected chi connectivity index (χ2v) is 3.07. The van der Waals surface area contributed by atoms with Crippen LogP contribution in [0.1, 0.15) is 17.2 Å². The molecule has 78 valence electrons. The minimum Gasteiger partial charge on any atom is -0.394 e. The van der Waals surface area contributed by atoms with Gasteiger partial charge in [0, 0.05) is 17.3 Å². The van der Waals surface area contributed by atoms with Crippen molar-refractivity contribution in [3.8, 4) is 0 Å². The molecule has 1 rings (SSSR count). The van der Waals surface area contributed by atoms with Crippen molar-refractivity contribution in [2.45, 2.75) is 19.1 Å². The molecule has 0 amide bonds. The van der Waals surface area contributed by atoms with Crippen LogP contribution in [0.3, 0.4) is 0 Å². The molecule has 5 heteroatoms. The zero-order chi connectivity index (χ0) is 10.7. The summed E-state index contributed by atoms with van der Waals surface area (Å²) in [4.78, 5) is 3.40. The topological polar surface area (TPSA) is 73.6 Å². The number of rotatable bonds is 3. The molecule has 0 spiro atoms. The van der Waals surface area contributed by atoms with Gasteiger partial charge in [0.2, 0.25) is 5.95 Å². The van der Waals surface area contributed by atoms with Gasteiger partial charge in [0.15, 0.2) is 0 Å². The molecule has 2 unspecified atom stereocenters. The molecule has 0 saturated carbocycles. The lowest BCUT2D eigenvalue weighted by molar-refractivity contribution is -0.0154. The summed E-state index contributed by atoms with van der Waals surface area (Å²) >= 11 is 0. The molecular weight excluding hydrogens is 189 g/mol. The first kappa shape index (κ1) is 11.0. The molecule has 0 aliphatic heterocycles. The predicted molar refractivity (Wildman–Crippen MR) is 47.0 cm³/mol. The van der Waals surface area contributed by atoms with Gasteiger partial charge in [0.1, 0.15) is 12.2 Å². The van der Waals surface area contributed by atoms with Crippen molar-refractivity contribution < 1.29 is 19.7 Å². The second kappa shape index (κ2) is 4.45. The Morgan fingerprint density at radius 2 is 2.14 bits per heavy atom. The highest BCUT2D eigenvalue weighted by molar-refractivity contribution is 5.20. The number of aromatic nitrogens is 1. The van der Waals surface area contributed by atoms with E-state index in [2.05, 4.69) is 4.98 Å². The first-order valence-electron chi connectivity index (χ1n) is 4.15. The maximum absolute atomic E-state index is 12.7. The van der Waals surface area contributed by atoms with E-state index >= 15 is 0 Å². The minimum absolute atomic E-state index is 0.283. The van der Waals surface area contributed by atoms with Crippen LogP contribution in [-0.2, 0) is 0 Å². The van der Waals surface area contributed by atoms with E-state index in [9.17, 15) is 9.50 Å². The first-order chi connectivity index (χ1) is 6.56. The zero-order valence-electron chi connectivity index (χ0n) is 7.68. The maximum atomic E-state index is 12.7.